The van der Waals surface area contributed by atoms with Crippen molar-refractivity contribution >= 4 is 0 Å². The van der Waals surface area contributed by atoms with E-state index in [1.807, 2.05) is 6.08 Å². The van der Waals surface area contributed by atoms with Crippen LogP contribution in [0.5, 0.6) is 0 Å². The first-order valence-electron chi connectivity index (χ1n) is 7.70. The third kappa shape index (κ3) is 3.42. The van der Waals surface area contributed by atoms with Crippen LogP contribution in [0.3, 0.4) is 0 Å². The van der Waals surface area contributed by atoms with Crippen LogP contribution in [0.4, 0.5) is 0 Å². The molecule has 2 heteroatoms. The van der Waals surface area contributed by atoms with Crippen molar-refractivity contribution in [3.8, 4) is 0 Å². The molecule has 0 amide bonds. The standard InChI is InChI=1S/C17H29NO/c1-16(2,3)13-10-11-15(19)17(4,12-13)18-14-8-6-5-7-9-14/h10-11,14,18-19H,5-9,12H2,1-4H3. The molecule has 1 atom stereocenters. The summed E-state index contributed by atoms with van der Waals surface area (Å²) in [6, 6.07) is 0.564. The third-order valence-electron chi connectivity index (χ3n) is 4.64. The van der Waals surface area contributed by atoms with Crippen LogP contribution in [0.15, 0.2) is 23.5 Å². The summed E-state index contributed by atoms with van der Waals surface area (Å²) in [5.41, 5.74) is 1.31. The quantitative estimate of drug-likeness (QED) is 0.769. The lowest BCUT2D eigenvalue weighted by atomic mass is 9.75. The van der Waals surface area contributed by atoms with Crippen molar-refractivity contribution in [2.75, 3.05) is 0 Å². The molecule has 1 saturated carbocycles. The second-order valence-corrected chi connectivity index (χ2v) is 7.48. The molecule has 0 saturated heterocycles. The highest BCUT2D eigenvalue weighted by Crippen LogP contribution is 2.38. The Morgan fingerprint density at radius 2 is 1.79 bits per heavy atom. The van der Waals surface area contributed by atoms with Gasteiger partial charge in [0.1, 0.15) is 5.76 Å². The van der Waals surface area contributed by atoms with Crippen molar-refractivity contribution in [1.82, 2.24) is 5.32 Å². The second kappa shape index (κ2) is 5.32. The highest BCUT2D eigenvalue weighted by Gasteiger charge is 2.37. The molecule has 2 N–H and O–H groups in total. The molecule has 0 aromatic rings. The molecule has 0 aromatic heterocycles. The van der Waals surface area contributed by atoms with Gasteiger partial charge in [0.2, 0.25) is 0 Å². The Kier molecular flexibility index (Phi) is 4.10. The molecule has 1 unspecified atom stereocenters. The average Bonchev–Trinajstić information content (AvgIpc) is 2.33. The third-order valence-corrected chi connectivity index (χ3v) is 4.64. The van der Waals surface area contributed by atoms with Crippen LogP contribution in [0, 0.1) is 5.41 Å². The number of allylic oxidation sites excluding steroid dienone is 2. The summed E-state index contributed by atoms with van der Waals surface area (Å²) in [4.78, 5) is 0. The van der Waals surface area contributed by atoms with Gasteiger partial charge < -0.3 is 10.4 Å². The van der Waals surface area contributed by atoms with E-state index in [-0.39, 0.29) is 11.0 Å². The van der Waals surface area contributed by atoms with Crippen LogP contribution in [-0.4, -0.2) is 16.7 Å². The van der Waals surface area contributed by atoms with Crippen LogP contribution in [-0.2, 0) is 0 Å². The molecule has 0 aromatic carbocycles. The lowest BCUT2D eigenvalue weighted by Crippen LogP contribution is -2.51. The first-order chi connectivity index (χ1) is 8.81. The van der Waals surface area contributed by atoms with Crippen molar-refractivity contribution in [2.45, 2.75) is 77.8 Å². The maximum absolute atomic E-state index is 10.3. The Labute approximate surface area is 118 Å². The minimum atomic E-state index is -0.278. The smallest absolute Gasteiger partial charge is 0.112 e. The maximum Gasteiger partial charge on any atom is 0.112 e. The molecule has 0 aliphatic heterocycles. The van der Waals surface area contributed by atoms with Gasteiger partial charge in [-0.05, 0) is 37.7 Å². The first-order valence-corrected chi connectivity index (χ1v) is 7.70. The van der Waals surface area contributed by atoms with E-state index in [4.69, 9.17) is 0 Å². The fourth-order valence-corrected chi connectivity index (χ4v) is 3.23. The van der Waals surface area contributed by atoms with E-state index in [1.165, 1.54) is 37.7 Å². The summed E-state index contributed by atoms with van der Waals surface area (Å²) in [5.74, 6) is 0.492. The van der Waals surface area contributed by atoms with Gasteiger partial charge in [-0.2, -0.15) is 0 Å². The molecule has 2 aliphatic rings. The number of aliphatic hydroxyl groups is 1. The van der Waals surface area contributed by atoms with E-state index in [0.717, 1.165) is 6.42 Å². The summed E-state index contributed by atoms with van der Waals surface area (Å²) < 4.78 is 0. The topological polar surface area (TPSA) is 32.3 Å². The van der Waals surface area contributed by atoms with Gasteiger partial charge in [0.25, 0.3) is 0 Å². The predicted octanol–water partition coefficient (Wildman–Crippen LogP) is 4.49. The summed E-state index contributed by atoms with van der Waals surface area (Å²) in [7, 11) is 0. The van der Waals surface area contributed by atoms with E-state index >= 15 is 0 Å². The molecule has 0 heterocycles. The van der Waals surface area contributed by atoms with Crippen molar-refractivity contribution < 1.29 is 5.11 Å². The molecule has 0 spiro atoms. The SMILES string of the molecule is CC(C)(C)C1=CC=C(O)C(C)(NC2CCCCC2)C1. The van der Waals surface area contributed by atoms with Gasteiger partial charge in [-0.25, -0.2) is 0 Å². The van der Waals surface area contributed by atoms with Gasteiger partial charge in [0, 0.05) is 6.04 Å². The molecule has 2 aliphatic carbocycles. The predicted molar refractivity (Wildman–Crippen MR) is 81.3 cm³/mol. The fraction of sp³-hybridized carbons (Fsp3) is 0.765. The molecule has 1 fully saturated rings. The molecule has 2 nitrogen and oxygen atoms in total. The summed E-state index contributed by atoms with van der Waals surface area (Å²) in [6.07, 6.45) is 11.4. The Bertz CT molecular complexity index is 383. The van der Waals surface area contributed by atoms with E-state index in [2.05, 4.69) is 39.1 Å². The summed E-state index contributed by atoms with van der Waals surface area (Å²) in [5, 5.41) is 14.0. The summed E-state index contributed by atoms with van der Waals surface area (Å²) in [6.45, 7) is 8.88. The van der Waals surface area contributed by atoms with Crippen LogP contribution >= 0.6 is 0 Å². The van der Waals surface area contributed by atoms with Gasteiger partial charge in [-0.3, -0.25) is 0 Å². The van der Waals surface area contributed by atoms with Crippen LogP contribution in [0.25, 0.3) is 0 Å². The lowest BCUT2D eigenvalue weighted by molar-refractivity contribution is 0.210. The first kappa shape index (κ1) is 14.6. The van der Waals surface area contributed by atoms with Crippen molar-refractivity contribution in [3.05, 3.63) is 23.5 Å². The zero-order chi connectivity index (χ0) is 14.1. The Morgan fingerprint density at radius 1 is 1.16 bits per heavy atom. The van der Waals surface area contributed by atoms with Gasteiger partial charge in [0.15, 0.2) is 0 Å². The van der Waals surface area contributed by atoms with Gasteiger partial charge >= 0.3 is 0 Å². The Hall–Kier alpha value is -0.760. The number of rotatable bonds is 2. The van der Waals surface area contributed by atoms with Crippen LogP contribution < -0.4 is 5.32 Å². The lowest BCUT2D eigenvalue weighted by Gasteiger charge is -2.41. The fourth-order valence-electron chi connectivity index (χ4n) is 3.23. The van der Waals surface area contributed by atoms with Gasteiger partial charge in [-0.1, -0.05) is 51.7 Å². The monoisotopic (exact) mass is 263 g/mol. The van der Waals surface area contributed by atoms with Crippen molar-refractivity contribution in [1.29, 1.82) is 0 Å². The highest BCUT2D eigenvalue weighted by atomic mass is 16.3. The number of aliphatic hydroxyl groups excluding tert-OH is 1. The molecule has 19 heavy (non-hydrogen) atoms. The summed E-state index contributed by atoms with van der Waals surface area (Å²) >= 11 is 0. The second-order valence-electron chi connectivity index (χ2n) is 7.48. The van der Waals surface area contributed by atoms with Crippen LogP contribution in [0.1, 0.15) is 66.2 Å². The molecule has 0 radical (unpaired) electrons. The van der Waals surface area contributed by atoms with E-state index < -0.39 is 0 Å². The molecular formula is C17H29NO. The minimum absolute atomic E-state index is 0.173. The zero-order valence-corrected chi connectivity index (χ0v) is 12.9. The van der Waals surface area contributed by atoms with Gasteiger partial charge in [0.05, 0.1) is 5.54 Å². The van der Waals surface area contributed by atoms with Crippen molar-refractivity contribution in [3.63, 3.8) is 0 Å². The minimum Gasteiger partial charge on any atom is -0.510 e. The average molecular weight is 263 g/mol. The van der Waals surface area contributed by atoms with E-state index in [9.17, 15) is 5.11 Å². The molecule has 108 valence electrons. The molecular weight excluding hydrogens is 234 g/mol. The Morgan fingerprint density at radius 3 is 2.37 bits per heavy atom. The van der Waals surface area contributed by atoms with Gasteiger partial charge in [-0.15, -0.1) is 0 Å². The molecule has 0 bridgehead atoms. The maximum atomic E-state index is 10.3. The normalized spacial score (nSPS) is 29.9. The number of hydrogen-bond acceptors (Lipinski definition) is 2. The number of hydrogen-bond donors (Lipinski definition) is 2. The zero-order valence-electron chi connectivity index (χ0n) is 12.9. The largest absolute Gasteiger partial charge is 0.510 e. The van der Waals surface area contributed by atoms with Crippen molar-refractivity contribution in [2.24, 2.45) is 5.41 Å². The Balaban J connectivity index is 2.10. The van der Waals surface area contributed by atoms with Crippen LogP contribution in [0.2, 0.25) is 0 Å². The van der Waals surface area contributed by atoms with E-state index in [0.29, 0.717) is 11.8 Å². The number of nitrogens with one attached hydrogen (secondary N) is 1. The van der Waals surface area contributed by atoms with E-state index in [1.54, 1.807) is 0 Å². The highest BCUT2D eigenvalue weighted by molar-refractivity contribution is 5.33. The molecule has 2 rings (SSSR count).